The zero-order chi connectivity index (χ0) is 20.0. The molecule has 1 atom stereocenters. The highest BCUT2D eigenvalue weighted by Crippen LogP contribution is 2.32. The Morgan fingerprint density at radius 3 is 2.76 bits per heavy atom. The Balaban J connectivity index is 1.49. The molecule has 1 amide bonds. The van der Waals surface area contributed by atoms with Gasteiger partial charge in [0.25, 0.3) is 5.91 Å². The van der Waals surface area contributed by atoms with E-state index in [4.69, 9.17) is 0 Å². The number of hydrogen-bond donors (Lipinski definition) is 1. The lowest BCUT2D eigenvalue weighted by Gasteiger charge is -2.33. The Morgan fingerprint density at radius 1 is 1.10 bits per heavy atom. The monoisotopic (exact) mass is 385 g/mol. The first-order valence-corrected chi connectivity index (χ1v) is 9.50. The minimum atomic E-state index is -0.256. The van der Waals surface area contributed by atoms with Crippen LogP contribution in [0.15, 0.2) is 60.9 Å². The zero-order valence-electron chi connectivity index (χ0n) is 15.9. The third-order valence-corrected chi connectivity index (χ3v) is 5.41. The second kappa shape index (κ2) is 6.70. The van der Waals surface area contributed by atoms with Crippen LogP contribution in [0.5, 0.6) is 5.75 Å². The molecule has 2 aromatic carbocycles. The summed E-state index contributed by atoms with van der Waals surface area (Å²) in [6, 6.07) is 14.7. The first-order valence-electron chi connectivity index (χ1n) is 9.50. The lowest BCUT2D eigenvalue weighted by atomic mass is 10.0. The van der Waals surface area contributed by atoms with Crippen molar-refractivity contribution in [3.63, 3.8) is 0 Å². The molecule has 0 spiro atoms. The van der Waals surface area contributed by atoms with E-state index in [1.807, 2.05) is 41.9 Å². The van der Waals surface area contributed by atoms with Gasteiger partial charge in [-0.1, -0.05) is 36.4 Å². The van der Waals surface area contributed by atoms with Gasteiger partial charge in [-0.15, -0.1) is 0 Å². The van der Waals surface area contributed by atoms with Crippen molar-refractivity contribution in [3.05, 3.63) is 72.3 Å². The van der Waals surface area contributed by atoms with Crippen LogP contribution < -0.4 is 0 Å². The number of nitrogens with zero attached hydrogens (tertiary/aromatic N) is 5. The first kappa shape index (κ1) is 17.4. The highest BCUT2D eigenvalue weighted by molar-refractivity contribution is 6.03. The predicted molar refractivity (Wildman–Crippen MR) is 108 cm³/mol. The maximum absolute atomic E-state index is 13.3. The topological polar surface area (TPSA) is 84.1 Å². The molecule has 1 aliphatic rings. The van der Waals surface area contributed by atoms with Gasteiger partial charge >= 0.3 is 0 Å². The minimum absolute atomic E-state index is 0.0147. The van der Waals surface area contributed by atoms with Gasteiger partial charge in [0.2, 0.25) is 0 Å². The number of carbonyl (C=O) groups is 1. The molecule has 29 heavy (non-hydrogen) atoms. The van der Waals surface area contributed by atoms with E-state index in [9.17, 15) is 9.90 Å². The number of phenolic OH excluding ortho intramolecular Hbond substituents is 1. The summed E-state index contributed by atoms with van der Waals surface area (Å²) in [6.07, 6.45) is 3.27. The third kappa shape index (κ3) is 2.82. The summed E-state index contributed by atoms with van der Waals surface area (Å²) in [5.74, 6) is 1.17. The second-order valence-corrected chi connectivity index (χ2v) is 7.12. The molecule has 0 bridgehead atoms. The van der Waals surface area contributed by atoms with Crippen molar-refractivity contribution in [1.82, 2.24) is 24.6 Å². The summed E-state index contributed by atoms with van der Waals surface area (Å²) in [5.41, 5.74) is 1.23. The fourth-order valence-electron chi connectivity index (χ4n) is 3.83. The lowest BCUT2D eigenvalue weighted by Crippen LogP contribution is -2.41. The molecule has 144 valence electrons. The molecular formula is C22H19N5O2. The predicted octanol–water partition coefficient (Wildman–Crippen LogP) is 3.42. The van der Waals surface area contributed by atoms with Gasteiger partial charge in [-0.3, -0.25) is 9.78 Å². The molecule has 0 saturated carbocycles. The average Bonchev–Trinajstić information content (AvgIpc) is 3.20. The van der Waals surface area contributed by atoms with Crippen LogP contribution in [0.25, 0.3) is 22.2 Å². The molecule has 0 fully saturated rings. The van der Waals surface area contributed by atoms with Gasteiger partial charge in [0, 0.05) is 35.3 Å². The maximum atomic E-state index is 13.3. The highest BCUT2D eigenvalue weighted by atomic mass is 16.3. The zero-order valence-corrected chi connectivity index (χ0v) is 15.9. The highest BCUT2D eigenvalue weighted by Gasteiger charge is 2.32. The summed E-state index contributed by atoms with van der Waals surface area (Å²) in [6.45, 7) is 3.00. The number of aromatic hydroxyl groups is 1. The Labute approximate surface area is 167 Å². The Bertz CT molecular complexity index is 1220. The molecular weight excluding hydrogens is 366 g/mol. The number of hydrogen-bond acceptors (Lipinski definition) is 5. The molecule has 4 aromatic rings. The number of benzene rings is 2. The Kier molecular flexibility index (Phi) is 4.01. The van der Waals surface area contributed by atoms with E-state index in [1.54, 1.807) is 35.5 Å². The Hall–Kier alpha value is -3.74. The first-order chi connectivity index (χ1) is 14.1. The minimum Gasteiger partial charge on any atom is -0.506 e. The number of carbonyl (C=O) groups excluding carboxylic acids is 1. The molecule has 7 heteroatoms. The summed E-state index contributed by atoms with van der Waals surface area (Å²) in [5, 5.41) is 16.7. The fraction of sp³-hybridized carbons (Fsp3) is 0.182. The molecule has 1 aliphatic heterocycles. The van der Waals surface area contributed by atoms with Gasteiger partial charge < -0.3 is 10.0 Å². The van der Waals surface area contributed by atoms with Crippen molar-refractivity contribution in [2.45, 2.75) is 19.5 Å². The molecule has 0 aliphatic carbocycles. The van der Waals surface area contributed by atoms with Gasteiger partial charge in [0.15, 0.2) is 5.82 Å². The van der Waals surface area contributed by atoms with Gasteiger partial charge in [-0.05, 0) is 19.1 Å². The number of rotatable bonds is 2. The number of amides is 1. The van der Waals surface area contributed by atoms with Crippen LogP contribution in [0.4, 0.5) is 0 Å². The van der Waals surface area contributed by atoms with E-state index in [-0.39, 0.29) is 23.3 Å². The summed E-state index contributed by atoms with van der Waals surface area (Å²) < 4.78 is 1.86. The van der Waals surface area contributed by atoms with Crippen molar-refractivity contribution >= 4 is 16.7 Å². The number of phenols is 1. The van der Waals surface area contributed by atoms with Crippen LogP contribution in [-0.2, 0) is 6.54 Å². The molecule has 3 heterocycles. The van der Waals surface area contributed by atoms with Crippen LogP contribution in [0.2, 0.25) is 0 Å². The van der Waals surface area contributed by atoms with Crippen molar-refractivity contribution in [2.75, 3.05) is 6.54 Å². The SMILES string of the molecule is C[C@H]1c2nc(-c3ccccc3)nn2CCN1C(=O)c1ccc2cnccc2c1O. The lowest BCUT2D eigenvalue weighted by molar-refractivity contribution is 0.0628. The van der Waals surface area contributed by atoms with E-state index in [1.165, 1.54) is 0 Å². The van der Waals surface area contributed by atoms with Gasteiger partial charge in [-0.25, -0.2) is 9.67 Å². The van der Waals surface area contributed by atoms with Crippen LogP contribution in [0, 0.1) is 0 Å². The summed E-state index contributed by atoms with van der Waals surface area (Å²) in [4.78, 5) is 23.7. The molecule has 5 rings (SSSR count). The fourth-order valence-corrected chi connectivity index (χ4v) is 3.83. The third-order valence-electron chi connectivity index (χ3n) is 5.41. The van der Waals surface area contributed by atoms with Crippen molar-refractivity contribution < 1.29 is 9.90 Å². The van der Waals surface area contributed by atoms with E-state index >= 15 is 0 Å². The standard InChI is InChI=1S/C22H19N5O2/c1-14-21-24-20(15-5-3-2-4-6-15)25-27(21)12-11-26(14)22(29)18-8-7-16-13-23-10-9-17(16)19(18)28/h2-10,13-14,28H,11-12H2,1H3/t14-/m0/s1. The van der Waals surface area contributed by atoms with Crippen LogP contribution in [0.3, 0.4) is 0 Å². The smallest absolute Gasteiger partial charge is 0.258 e. The van der Waals surface area contributed by atoms with E-state index in [2.05, 4.69) is 15.1 Å². The van der Waals surface area contributed by atoms with Gasteiger partial charge in [0.05, 0.1) is 18.2 Å². The summed E-state index contributed by atoms with van der Waals surface area (Å²) >= 11 is 0. The van der Waals surface area contributed by atoms with Gasteiger partial charge in [0.1, 0.15) is 11.6 Å². The average molecular weight is 385 g/mol. The van der Waals surface area contributed by atoms with Crippen LogP contribution in [0.1, 0.15) is 29.1 Å². The largest absolute Gasteiger partial charge is 0.506 e. The number of pyridine rings is 1. The van der Waals surface area contributed by atoms with Crippen LogP contribution >= 0.6 is 0 Å². The normalized spacial score (nSPS) is 16.0. The molecule has 0 saturated heterocycles. The van der Waals surface area contributed by atoms with Crippen molar-refractivity contribution in [1.29, 1.82) is 0 Å². The molecule has 1 N–H and O–H groups in total. The molecule has 0 unspecified atom stereocenters. The van der Waals surface area contributed by atoms with E-state index in [0.717, 1.165) is 16.8 Å². The number of aromatic nitrogens is 4. The number of fused-ring (bicyclic) bond motifs is 2. The maximum Gasteiger partial charge on any atom is 0.258 e. The molecule has 0 radical (unpaired) electrons. The second-order valence-electron chi connectivity index (χ2n) is 7.12. The van der Waals surface area contributed by atoms with Gasteiger partial charge in [-0.2, -0.15) is 5.10 Å². The van der Waals surface area contributed by atoms with E-state index < -0.39 is 0 Å². The quantitative estimate of drug-likeness (QED) is 0.572. The van der Waals surface area contributed by atoms with E-state index in [0.29, 0.717) is 24.3 Å². The Morgan fingerprint density at radius 2 is 1.93 bits per heavy atom. The van der Waals surface area contributed by atoms with Crippen LogP contribution in [-0.4, -0.2) is 42.2 Å². The summed E-state index contributed by atoms with van der Waals surface area (Å²) in [7, 11) is 0. The molecule has 7 nitrogen and oxygen atoms in total. The molecule has 2 aromatic heterocycles. The van der Waals surface area contributed by atoms with Crippen molar-refractivity contribution in [3.8, 4) is 17.1 Å². The van der Waals surface area contributed by atoms with Crippen molar-refractivity contribution in [2.24, 2.45) is 0 Å².